The van der Waals surface area contributed by atoms with Crippen molar-refractivity contribution in [3.8, 4) is 0 Å². The third-order valence-electron chi connectivity index (χ3n) is 3.20. The van der Waals surface area contributed by atoms with Crippen LogP contribution < -0.4 is 5.32 Å². The van der Waals surface area contributed by atoms with Crippen molar-refractivity contribution < 1.29 is 14.0 Å². The third kappa shape index (κ3) is 6.30. The summed E-state index contributed by atoms with van der Waals surface area (Å²) >= 11 is 0. The molecule has 2 aromatic rings. The molecule has 0 aliphatic heterocycles. The first-order chi connectivity index (χ1) is 11.1. The zero-order chi connectivity index (χ0) is 16.5. The number of oxime groups is 1. The lowest BCUT2D eigenvalue weighted by atomic mass is 10.1. The minimum atomic E-state index is -0.266. The van der Waals surface area contributed by atoms with Crippen LogP contribution in [-0.2, 0) is 16.1 Å². The maximum Gasteiger partial charge on any atom is 0.260 e. The fourth-order valence-corrected chi connectivity index (χ4v) is 1.89. The topological polar surface area (TPSA) is 50.7 Å². The van der Waals surface area contributed by atoms with Crippen molar-refractivity contribution in [2.24, 2.45) is 5.16 Å². The Morgan fingerprint density at radius 1 is 1.17 bits per heavy atom. The van der Waals surface area contributed by atoms with Crippen molar-refractivity contribution >= 4 is 12.1 Å². The molecule has 0 radical (unpaired) electrons. The molecule has 0 atom stereocenters. The van der Waals surface area contributed by atoms with Crippen molar-refractivity contribution in [1.29, 1.82) is 0 Å². The van der Waals surface area contributed by atoms with Crippen LogP contribution in [0, 0.1) is 12.7 Å². The van der Waals surface area contributed by atoms with E-state index in [0.717, 1.165) is 11.1 Å². The van der Waals surface area contributed by atoms with Gasteiger partial charge in [0.05, 0.1) is 6.21 Å². The predicted molar refractivity (Wildman–Crippen MR) is 87.8 cm³/mol. The van der Waals surface area contributed by atoms with Gasteiger partial charge in [-0.2, -0.15) is 0 Å². The van der Waals surface area contributed by atoms with Gasteiger partial charge in [0.2, 0.25) is 0 Å². The normalized spacial score (nSPS) is 10.7. The zero-order valence-electron chi connectivity index (χ0n) is 13.0. The molecule has 2 rings (SSSR count). The summed E-state index contributed by atoms with van der Waals surface area (Å²) in [6.07, 6.45) is 2.20. The highest BCUT2D eigenvalue weighted by Crippen LogP contribution is 2.03. The molecule has 1 N–H and O–H groups in total. The summed E-state index contributed by atoms with van der Waals surface area (Å²) in [6, 6.07) is 14.0. The van der Waals surface area contributed by atoms with Gasteiger partial charge in [0.1, 0.15) is 5.82 Å². The summed E-state index contributed by atoms with van der Waals surface area (Å²) in [6.45, 7) is 2.34. The summed E-state index contributed by atoms with van der Waals surface area (Å²) < 4.78 is 12.8. The number of nitrogens with one attached hydrogen (secondary N) is 1. The van der Waals surface area contributed by atoms with E-state index in [1.807, 2.05) is 31.2 Å². The molecule has 0 aromatic heterocycles. The van der Waals surface area contributed by atoms with Crippen molar-refractivity contribution in [1.82, 2.24) is 5.32 Å². The predicted octanol–water partition coefficient (Wildman–Crippen LogP) is 2.84. The summed E-state index contributed by atoms with van der Waals surface area (Å²) in [5.74, 6) is -0.509. The van der Waals surface area contributed by atoms with Gasteiger partial charge >= 0.3 is 0 Å². The summed E-state index contributed by atoms with van der Waals surface area (Å²) in [4.78, 5) is 16.5. The second-order valence-electron chi connectivity index (χ2n) is 5.15. The molecule has 0 bridgehead atoms. The van der Waals surface area contributed by atoms with E-state index in [0.29, 0.717) is 13.0 Å². The second-order valence-corrected chi connectivity index (χ2v) is 5.15. The Labute approximate surface area is 135 Å². The van der Waals surface area contributed by atoms with E-state index in [2.05, 4.69) is 10.5 Å². The average molecular weight is 314 g/mol. The molecule has 0 spiro atoms. The lowest BCUT2D eigenvalue weighted by Gasteiger charge is -2.04. The zero-order valence-corrected chi connectivity index (χ0v) is 13.0. The monoisotopic (exact) mass is 314 g/mol. The van der Waals surface area contributed by atoms with E-state index < -0.39 is 0 Å². The van der Waals surface area contributed by atoms with Gasteiger partial charge in [-0.3, -0.25) is 4.79 Å². The molecular formula is C18H19FN2O2. The summed E-state index contributed by atoms with van der Waals surface area (Å²) in [5, 5.41) is 6.48. The van der Waals surface area contributed by atoms with Crippen LogP contribution in [0.2, 0.25) is 0 Å². The van der Waals surface area contributed by atoms with Gasteiger partial charge in [0, 0.05) is 6.54 Å². The number of hydrogen-bond acceptors (Lipinski definition) is 3. The Morgan fingerprint density at radius 3 is 2.57 bits per heavy atom. The molecule has 0 saturated heterocycles. The van der Waals surface area contributed by atoms with Crippen molar-refractivity contribution in [2.45, 2.75) is 13.3 Å². The van der Waals surface area contributed by atoms with E-state index in [9.17, 15) is 9.18 Å². The van der Waals surface area contributed by atoms with Crippen LogP contribution >= 0.6 is 0 Å². The standard InChI is InChI=1S/C18H19FN2O2/c1-14-2-4-16(5-3-14)12-21-23-13-18(22)20-11-10-15-6-8-17(19)9-7-15/h2-9,12H,10-11,13H2,1H3,(H,20,22)/b21-12-. The highest BCUT2D eigenvalue weighted by atomic mass is 19.1. The molecule has 0 saturated carbocycles. The van der Waals surface area contributed by atoms with Gasteiger partial charge in [0.15, 0.2) is 6.61 Å². The molecule has 0 unspecified atom stereocenters. The molecule has 5 heteroatoms. The average Bonchev–Trinajstić information content (AvgIpc) is 2.55. The van der Waals surface area contributed by atoms with E-state index in [1.165, 1.54) is 17.7 Å². The number of nitrogens with zero attached hydrogens (tertiary/aromatic N) is 1. The Bertz CT molecular complexity index is 652. The van der Waals surface area contributed by atoms with Crippen LogP contribution in [0.25, 0.3) is 0 Å². The smallest absolute Gasteiger partial charge is 0.260 e. The van der Waals surface area contributed by atoms with Gasteiger partial charge in [-0.1, -0.05) is 47.1 Å². The molecule has 2 aromatic carbocycles. The number of rotatable bonds is 7. The minimum Gasteiger partial charge on any atom is -0.386 e. The molecule has 0 aliphatic rings. The molecule has 0 aliphatic carbocycles. The Morgan fingerprint density at radius 2 is 1.87 bits per heavy atom. The van der Waals surface area contributed by atoms with E-state index in [4.69, 9.17) is 4.84 Å². The van der Waals surface area contributed by atoms with Gasteiger partial charge in [0.25, 0.3) is 5.91 Å². The Balaban J connectivity index is 1.63. The first-order valence-electron chi connectivity index (χ1n) is 7.36. The van der Waals surface area contributed by atoms with Crippen molar-refractivity contribution in [3.05, 3.63) is 71.0 Å². The number of carbonyl (C=O) groups excluding carboxylic acids is 1. The third-order valence-corrected chi connectivity index (χ3v) is 3.20. The molecule has 120 valence electrons. The SMILES string of the molecule is Cc1ccc(/C=N\OCC(=O)NCCc2ccc(F)cc2)cc1. The molecule has 23 heavy (non-hydrogen) atoms. The molecule has 4 nitrogen and oxygen atoms in total. The van der Waals surface area contributed by atoms with Gasteiger partial charge in [-0.05, 0) is 36.6 Å². The molecule has 1 amide bonds. The van der Waals surface area contributed by atoms with Crippen LogP contribution in [0.1, 0.15) is 16.7 Å². The first-order valence-corrected chi connectivity index (χ1v) is 7.36. The number of halogens is 1. The minimum absolute atomic E-state index is 0.133. The van der Waals surface area contributed by atoms with E-state index in [-0.39, 0.29) is 18.3 Å². The summed E-state index contributed by atoms with van der Waals surface area (Å²) in [5.41, 5.74) is 3.04. The van der Waals surface area contributed by atoms with E-state index >= 15 is 0 Å². The quantitative estimate of drug-likeness (QED) is 0.631. The van der Waals surface area contributed by atoms with Crippen LogP contribution in [0.5, 0.6) is 0 Å². The molecule has 0 heterocycles. The van der Waals surface area contributed by atoms with Crippen LogP contribution in [0.4, 0.5) is 4.39 Å². The molecule has 0 fully saturated rings. The number of amides is 1. The summed E-state index contributed by atoms with van der Waals surface area (Å²) in [7, 11) is 0. The van der Waals surface area contributed by atoms with Gasteiger partial charge < -0.3 is 10.2 Å². The number of aryl methyl sites for hydroxylation is 1. The van der Waals surface area contributed by atoms with Crippen LogP contribution in [0.3, 0.4) is 0 Å². The largest absolute Gasteiger partial charge is 0.386 e. The lowest BCUT2D eigenvalue weighted by molar-refractivity contribution is -0.125. The first kappa shape index (κ1) is 16.7. The van der Waals surface area contributed by atoms with Crippen molar-refractivity contribution in [3.63, 3.8) is 0 Å². The Hall–Kier alpha value is -2.69. The van der Waals surface area contributed by atoms with Gasteiger partial charge in [-0.25, -0.2) is 4.39 Å². The second kappa shape index (κ2) is 8.68. The van der Waals surface area contributed by atoms with Gasteiger partial charge in [-0.15, -0.1) is 0 Å². The maximum atomic E-state index is 12.8. The Kier molecular flexibility index (Phi) is 6.29. The highest BCUT2D eigenvalue weighted by Gasteiger charge is 2.01. The van der Waals surface area contributed by atoms with Crippen LogP contribution in [0.15, 0.2) is 53.7 Å². The molecular weight excluding hydrogens is 295 g/mol. The van der Waals surface area contributed by atoms with Crippen LogP contribution in [-0.4, -0.2) is 25.3 Å². The number of hydrogen-bond donors (Lipinski definition) is 1. The van der Waals surface area contributed by atoms with E-state index in [1.54, 1.807) is 18.3 Å². The fraction of sp³-hybridized carbons (Fsp3) is 0.222. The maximum absolute atomic E-state index is 12.8. The lowest BCUT2D eigenvalue weighted by Crippen LogP contribution is -2.28. The van der Waals surface area contributed by atoms with Crippen molar-refractivity contribution in [2.75, 3.05) is 13.2 Å². The number of carbonyl (C=O) groups is 1. The highest BCUT2D eigenvalue weighted by molar-refractivity contribution is 5.79. The fourth-order valence-electron chi connectivity index (χ4n) is 1.89. The number of benzene rings is 2.